The molecule has 2 aliphatic heterocycles. The van der Waals surface area contributed by atoms with Gasteiger partial charge in [0.1, 0.15) is 5.75 Å². The Morgan fingerprint density at radius 3 is 2.61 bits per heavy atom. The van der Waals surface area contributed by atoms with Crippen molar-refractivity contribution in [3.8, 4) is 5.75 Å². The third-order valence-corrected chi connectivity index (χ3v) is 5.92. The van der Waals surface area contributed by atoms with Crippen LogP contribution in [0.3, 0.4) is 0 Å². The van der Waals surface area contributed by atoms with Crippen molar-refractivity contribution in [2.45, 2.75) is 39.7 Å². The molecule has 2 aliphatic rings. The normalized spacial score (nSPS) is 22.0. The Morgan fingerprint density at radius 1 is 1.18 bits per heavy atom. The van der Waals surface area contributed by atoms with Crippen LogP contribution in [0.25, 0.3) is 0 Å². The minimum Gasteiger partial charge on any atom is -0.506 e. The minimum atomic E-state index is 0.364. The Kier molecular flexibility index (Phi) is 7.43. The SMILES string of the molecule is CCNC(=NCC1CCCN(C(C)C)C1)N1CCN(c2ccccc2O)CC1. The van der Waals surface area contributed by atoms with Crippen LogP contribution in [-0.4, -0.2) is 79.3 Å². The van der Waals surface area contributed by atoms with Gasteiger partial charge in [-0.2, -0.15) is 0 Å². The van der Waals surface area contributed by atoms with Crippen molar-refractivity contribution in [2.75, 3.05) is 57.3 Å². The molecule has 0 bridgehead atoms. The molecule has 0 aliphatic carbocycles. The Bertz CT molecular complexity index is 640. The van der Waals surface area contributed by atoms with Gasteiger partial charge < -0.3 is 25.1 Å². The van der Waals surface area contributed by atoms with Crippen molar-refractivity contribution < 1.29 is 5.11 Å². The van der Waals surface area contributed by atoms with E-state index in [1.54, 1.807) is 6.07 Å². The largest absolute Gasteiger partial charge is 0.506 e. The molecule has 0 aromatic heterocycles. The second kappa shape index (κ2) is 10.0. The maximum absolute atomic E-state index is 10.1. The van der Waals surface area contributed by atoms with Gasteiger partial charge >= 0.3 is 0 Å². The summed E-state index contributed by atoms with van der Waals surface area (Å²) in [4.78, 5) is 12.2. The Morgan fingerprint density at radius 2 is 1.93 bits per heavy atom. The molecule has 2 N–H and O–H groups in total. The number of hydrogen-bond donors (Lipinski definition) is 2. The lowest BCUT2D eigenvalue weighted by molar-refractivity contribution is 0.143. The predicted molar refractivity (Wildman–Crippen MR) is 117 cm³/mol. The van der Waals surface area contributed by atoms with Crippen LogP contribution in [0.1, 0.15) is 33.6 Å². The number of piperidine rings is 1. The fourth-order valence-corrected chi connectivity index (χ4v) is 4.25. The highest BCUT2D eigenvalue weighted by Crippen LogP contribution is 2.27. The van der Waals surface area contributed by atoms with E-state index in [1.807, 2.05) is 18.2 Å². The number of hydrogen-bond acceptors (Lipinski definition) is 4. The number of phenolic OH excluding ortho intramolecular Hbond substituents is 1. The molecule has 0 saturated carbocycles. The minimum absolute atomic E-state index is 0.364. The average molecular weight is 388 g/mol. The first-order valence-electron chi connectivity index (χ1n) is 10.9. The summed E-state index contributed by atoms with van der Waals surface area (Å²) in [5.74, 6) is 2.07. The molecule has 6 heteroatoms. The molecule has 28 heavy (non-hydrogen) atoms. The number of nitrogens with one attached hydrogen (secondary N) is 1. The summed E-state index contributed by atoms with van der Waals surface area (Å²) in [6.07, 6.45) is 2.57. The molecule has 2 saturated heterocycles. The lowest BCUT2D eigenvalue weighted by atomic mass is 9.97. The summed E-state index contributed by atoms with van der Waals surface area (Å²) in [6, 6.07) is 8.24. The Labute approximate surface area is 170 Å². The molecule has 1 aromatic carbocycles. The van der Waals surface area contributed by atoms with Crippen molar-refractivity contribution in [1.82, 2.24) is 15.1 Å². The molecule has 0 amide bonds. The number of likely N-dealkylation sites (tertiary alicyclic amines) is 1. The number of phenols is 1. The van der Waals surface area contributed by atoms with Gasteiger partial charge in [0.2, 0.25) is 0 Å². The third-order valence-electron chi connectivity index (χ3n) is 5.92. The summed E-state index contributed by atoms with van der Waals surface area (Å²) >= 11 is 0. The van der Waals surface area contributed by atoms with E-state index >= 15 is 0 Å². The number of aliphatic imine (C=N–C) groups is 1. The Balaban J connectivity index is 1.57. The van der Waals surface area contributed by atoms with Crippen LogP contribution in [0, 0.1) is 5.92 Å². The molecular formula is C22H37N5O. The number of guanidine groups is 1. The van der Waals surface area contributed by atoms with E-state index in [4.69, 9.17) is 4.99 Å². The van der Waals surface area contributed by atoms with Crippen molar-refractivity contribution in [1.29, 1.82) is 0 Å². The Hall–Kier alpha value is -1.95. The van der Waals surface area contributed by atoms with Gasteiger partial charge in [-0.05, 0) is 58.2 Å². The summed E-state index contributed by atoms with van der Waals surface area (Å²) in [5, 5.41) is 13.6. The zero-order valence-electron chi connectivity index (χ0n) is 17.8. The van der Waals surface area contributed by atoms with Gasteiger partial charge in [0.25, 0.3) is 0 Å². The van der Waals surface area contributed by atoms with Gasteiger partial charge in [0.15, 0.2) is 5.96 Å². The van der Waals surface area contributed by atoms with E-state index in [0.717, 1.165) is 50.9 Å². The van der Waals surface area contributed by atoms with Crippen molar-refractivity contribution in [3.05, 3.63) is 24.3 Å². The topological polar surface area (TPSA) is 54.3 Å². The van der Waals surface area contributed by atoms with Crippen molar-refractivity contribution in [2.24, 2.45) is 10.9 Å². The van der Waals surface area contributed by atoms with Gasteiger partial charge in [-0.3, -0.25) is 4.99 Å². The van der Waals surface area contributed by atoms with Gasteiger partial charge in [-0.1, -0.05) is 12.1 Å². The summed E-state index contributed by atoms with van der Waals surface area (Å²) in [5.41, 5.74) is 0.931. The maximum Gasteiger partial charge on any atom is 0.194 e. The number of para-hydroxylation sites is 2. The average Bonchev–Trinajstić information content (AvgIpc) is 2.72. The molecule has 1 aromatic rings. The fraction of sp³-hybridized carbons (Fsp3) is 0.682. The van der Waals surface area contributed by atoms with E-state index in [9.17, 15) is 5.11 Å². The number of aromatic hydroxyl groups is 1. The number of nitrogens with zero attached hydrogens (tertiary/aromatic N) is 4. The van der Waals surface area contributed by atoms with Gasteiger partial charge in [-0.25, -0.2) is 0 Å². The van der Waals surface area contributed by atoms with Crippen LogP contribution in [0.5, 0.6) is 5.75 Å². The predicted octanol–water partition coefficient (Wildman–Crippen LogP) is 2.60. The second-order valence-electron chi connectivity index (χ2n) is 8.25. The van der Waals surface area contributed by atoms with Crippen molar-refractivity contribution >= 4 is 11.6 Å². The van der Waals surface area contributed by atoms with Crippen LogP contribution >= 0.6 is 0 Å². The fourth-order valence-electron chi connectivity index (χ4n) is 4.25. The van der Waals surface area contributed by atoms with E-state index in [1.165, 1.54) is 25.9 Å². The van der Waals surface area contributed by atoms with E-state index in [0.29, 0.717) is 17.7 Å². The zero-order chi connectivity index (χ0) is 19.9. The summed E-state index contributed by atoms with van der Waals surface area (Å²) in [6.45, 7) is 14.5. The molecule has 2 fully saturated rings. The molecule has 156 valence electrons. The van der Waals surface area contributed by atoms with E-state index in [-0.39, 0.29) is 0 Å². The highest BCUT2D eigenvalue weighted by Gasteiger charge is 2.24. The molecule has 0 spiro atoms. The molecule has 3 rings (SSSR count). The van der Waals surface area contributed by atoms with Crippen molar-refractivity contribution in [3.63, 3.8) is 0 Å². The van der Waals surface area contributed by atoms with Crippen LogP contribution in [0.4, 0.5) is 5.69 Å². The quantitative estimate of drug-likeness (QED) is 0.601. The van der Waals surface area contributed by atoms with Gasteiger partial charge in [0, 0.05) is 51.9 Å². The first-order valence-corrected chi connectivity index (χ1v) is 10.9. The molecular weight excluding hydrogens is 350 g/mol. The first kappa shape index (κ1) is 20.8. The van der Waals surface area contributed by atoms with E-state index < -0.39 is 0 Å². The number of anilines is 1. The summed E-state index contributed by atoms with van der Waals surface area (Å²) in [7, 11) is 0. The third kappa shape index (κ3) is 5.31. The zero-order valence-corrected chi connectivity index (χ0v) is 17.8. The second-order valence-corrected chi connectivity index (χ2v) is 8.25. The number of rotatable bonds is 5. The van der Waals surface area contributed by atoms with Crippen LogP contribution in [-0.2, 0) is 0 Å². The lowest BCUT2D eigenvalue weighted by Gasteiger charge is -2.38. The number of benzene rings is 1. The lowest BCUT2D eigenvalue weighted by Crippen LogP contribution is -2.52. The smallest absolute Gasteiger partial charge is 0.194 e. The monoisotopic (exact) mass is 387 g/mol. The molecule has 1 unspecified atom stereocenters. The molecule has 1 atom stereocenters. The summed E-state index contributed by atoms with van der Waals surface area (Å²) < 4.78 is 0. The highest BCUT2D eigenvalue weighted by atomic mass is 16.3. The standard InChI is InChI=1S/C22H37N5O/c1-4-23-22(24-16-19-8-7-11-27(17-19)18(2)3)26-14-12-25(13-15-26)20-9-5-6-10-21(20)28/h5-6,9-10,18-19,28H,4,7-8,11-17H2,1-3H3,(H,23,24). The van der Waals surface area contributed by atoms with Crippen LogP contribution < -0.4 is 10.2 Å². The molecule has 6 nitrogen and oxygen atoms in total. The van der Waals surface area contributed by atoms with Gasteiger partial charge in [-0.15, -0.1) is 0 Å². The highest BCUT2D eigenvalue weighted by molar-refractivity contribution is 5.80. The van der Waals surface area contributed by atoms with Crippen LogP contribution in [0.2, 0.25) is 0 Å². The number of piperazine rings is 1. The van der Waals surface area contributed by atoms with E-state index in [2.05, 4.69) is 40.8 Å². The molecule has 2 heterocycles. The van der Waals surface area contributed by atoms with Crippen LogP contribution in [0.15, 0.2) is 29.3 Å². The molecule has 0 radical (unpaired) electrons. The first-order chi connectivity index (χ1) is 13.6. The van der Waals surface area contributed by atoms with Gasteiger partial charge in [0.05, 0.1) is 5.69 Å². The maximum atomic E-state index is 10.1.